The molecular weight excluding hydrogens is 301 g/mol. The molecule has 22 heavy (non-hydrogen) atoms. The molecule has 0 bridgehead atoms. The first-order valence-corrected chi connectivity index (χ1v) is 8.14. The van der Waals surface area contributed by atoms with E-state index in [4.69, 9.17) is 0 Å². The summed E-state index contributed by atoms with van der Waals surface area (Å²) in [5.74, 6) is 0. The Kier molecular flexibility index (Phi) is 3.11. The first-order valence-electron chi connectivity index (χ1n) is 7.32. The van der Waals surface area contributed by atoms with Gasteiger partial charge in [-0.1, -0.05) is 17.4 Å². The average molecular weight is 317 g/mol. The smallest absolute Gasteiger partial charge is 0.214 e. The molecule has 114 valence electrons. The van der Waals surface area contributed by atoms with Crippen molar-refractivity contribution in [2.75, 3.05) is 18.0 Å². The van der Waals surface area contributed by atoms with Gasteiger partial charge in [0.2, 0.25) is 10.1 Å². The molecule has 1 aliphatic heterocycles. The molecule has 1 saturated heterocycles. The summed E-state index contributed by atoms with van der Waals surface area (Å²) in [7, 11) is 0. The second kappa shape index (κ2) is 5.01. The van der Waals surface area contributed by atoms with Crippen LogP contribution in [0, 0.1) is 6.92 Å². The van der Waals surface area contributed by atoms with Gasteiger partial charge in [0.15, 0.2) is 5.67 Å². The predicted molar refractivity (Wildman–Crippen MR) is 84.1 cm³/mol. The molecule has 0 amide bonds. The fourth-order valence-electron chi connectivity index (χ4n) is 2.86. The van der Waals surface area contributed by atoms with Gasteiger partial charge in [0.25, 0.3) is 0 Å². The lowest BCUT2D eigenvalue weighted by Crippen LogP contribution is -2.40. The molecule has 0 unspecified atom stereocenters. The molecule has 0 N–H and O–H groups in total. The highest BCUT2D eigenvalue weighted by molar-refractivity contribution is 7.20. The van der Waals surface area contributed by atoms with Crippen LogP contribution in [0.4, 0.5) is 9.52 Å². The van der Waals surface area contributed by atoms with Gasteiger partial charge in [-0.3, -0.25) is 4.98 Å². The average Bonchev–Trinajstić information content (AvgIpc) is 3.06. The number of hydrogen-bond donors (Lipinski definition) is 0. The number of imidazole rings is 1. The van der Waals surface area contributed by atoms with Crippen LogP contribution >= 0.6 is 11.3 Å². The van der Waals surface area contributed by atoms with Crippen LogP contribution in [0.1, 0.15) is 24.2 Å². The number of nitrogens with zero attached hydrogens (tertiary/aromatic N) is 5. The van der Waals surface area contributed by atoms with Crippen molar-refractivity contribution < 1.29 is 4.39 Å². The van der Waals surface area contributed by atoms with E-state index in [1.54, 1.807) is 28.1 Å². The minimum atomic E-state index is -1.33. The quantitative estimate of drug-likeness (QED) is 0.729. The number of pyridine rings is 1. The Balaban J connectivity index is 1.52. The highest BCUT2D eigenvalue weighted by Gasteiger charge is 2.38. The van der Waals surface area contributed by atoms with E-state index >= 15 is 4.39 Å². The normalized spacial score (nSPS) is 18.0. The molecule has 4 heterocycles. The number of anilines is 1. The van der Waals surface area contributed by atoms with E-state index < -0.39 is 5.67 Å². The van der Waals surface area contributed by atoms with Crippen LogP contribution in [0.3, 0.4) is 0 Å². The van der Waals surface area contributed by atoms with Crippen LogP contribution < -0.4 is 4.90 Å². The number of halogens is 1. The molecule has 4 rings (SSSR count). The third kappa shape index (κ3) is 2.25. The van der Waals surface area contributed by atoms with Crippen molar-refractivity contribution >= 4 is 21.4 Å². The van der Waals surface area contributed by atoms with Crippen LogP contribution in [-0.4, -0.2) is 32.7 Å². The molecule has 1 aliphatic rings. The zero-order valence-electron chi connectivity index (χ0n) is 12.2. The summed E-state index contributed by atoms with van der Waals surface area (Å²) in [4.78, 5) is 11.6. The van der Waals surface area contributed by atoms with Crippen molar-refractivity contribution in [3.05, 3.63) is 42.0 Å². The van der Waals surface area contributed by atoms with E-state index in [9.17, 15) is 0 Å². The van der Waals surface area contributed by atoms with Gasteiger partial charge >= 0.3 is 0 Å². The van der Waals surface area contributed by atoms with Gasteiger partial charge in [-0.05, 0) is 19.1 Å². The SMILES string of the molecule is Cc1cn2nc(N3CCC(F)(c4ccccn4)CC3)sc2n1. The fraction of sp³-hybridized carbons (Fsp3) is 0.400. The summed E-state index contributed by atoms with van der Waals surface area (Å²) in [6.45, 7) is 3.23. The Morgan fingerprint density at radius 3 is 2.77 bits per heavy atom. The van der Waals surface area contributed by atoms with E-state index in [0.717, 1.165) is 15.8 Å². The summed E-state index contributed by atoms with van der Waals surface area (Å²) in [5.41, 5.74) is 0.173. The van der Waals surface area contributed by atoms with Crippen molar-refractivity contribution in [3.8, 4) is 0 Å². The highest BCUT2D eigenvalue weighted by atomic mass is 32.1. The Hall–Kier alpha value is -2.02. The molecule has 1 fully saturated rings. The number of rotatable bonds is 2. The van der Waals surface area contributed by atoms with Crippen LogP contribution in [0.25, 0.3) is 4.96 Å². The van der Waals surface area contributed by atoms with Crippen molar-refractivity contribution in [3.63, 3.8) is 0 Å². The molecular formula is C15H16FN5S. The van der Waals surface area contributed by atoms with Crippen molar-refractivity contribution in [2.45, 2.75) is 25.4 Å². The maximum absolute atomic E-state index is 15.1. The number of alkyl halides is 1. The van der Waals surface area contributed by atoms with E-state index in [2.05, 4.69) is 20.0 Å². The topological polar surface area (TPSA) is 46.3 Å². The molecule has 0 radical (unpaired) electrons. The number of aromatic nitrogens is 4. The summed E-state index contributed by atoms with van der Waals surface area (Å²) in [5, 5.41) is 5.45. The maximum atomic E-state index is 15.1. The van der Waals surface area contributed by atoms with Crippen LogP contribution in [-0.2, 0) is 5.67 Å². The zero-order chi connectivity index (χ0) is 15.2. The lowest BCUT2D eigenvalue weighted by molar-refractivity contribution is 0.119. The lowest BCUT2D eigenvalue weighted by Gasteiger charge is -2.35. The molecule has 3 aromatic rings. The number of fused-ring (bicyclic) bond motifs is 1. The Morgan fingerprint density at radius 2 is 2.09 bits per heavy atom. The molecule has 0 spiro atoms. The van der Waals surface area contributed by atoms with Gasteiger partial charge < -0.3 is 4.90 Å². The van der Waals surface area contributed by atoms with Gasteiger partial charge in [0, 0.05) is 32.1 Å². The molecule has 5 nitrogen and oxygen atoms in total. The summed E-state index contributed by atoms with van der Waals surface area (Å²) >= 11 is 1.55. The molecule has 0 atom stereocenters. The summed E-state index contributed by atoms with van der Waals surface area (Å²) in [6, 6.07) is 5.43. The lowest BCUT2D eigenvalue weighted by atomic mass is 9.90. The standard InChI is InChI=1S/C15H16FN5S/c1-11-10-21-13(18-11)22-14(19-21)20-8-5-15(16,6-9-20)12-4-2-3-7-17-12/h2-4,7,10H,5-6,8-9H2,1H3. The molecule has 0 saturated carbocycles. The first-order chi connectivity index (χ1) is 10.6. The predicted octanol–water partition coefficient (Wildman–Crippen LogP) is 2.96. The van der Waals surface area contributed by atoms with Crippen molar-refractivity contribution in [1.29, 1.82) is 0 Å². The van der Waals surface area contributed by atoms with Crippen LogP contribution in [0.5, 0.6) is 0 Å². The zero-order valence-corrected chi connectivity index (χ0v) is 13.1. The molecule has 7 heteroatoms. The van der Waals surface area contributed by atoms with Crippen molar-refractivity contribution in [1.82, 2.24) is 19.6 Å². The third-order valence-electron chi connectivity index (χ3n) is 4.10. The van der Waals surface area contributed by atoms with Gasteiger partial charge in [0.05, 0.1) is 17.6 Å². The maximum Gasteiger partial charge on any atom is 0.214 e. The second-order valence-electron chi connectivity index (χ2n) is 5.66. The van der Waals surface area contributed by atoms with Gasteiger partial charge in [-0.2, -0.15) is 0 Å². The number of aryl methyl sites for hydroxylation is 1. The Labute approximate surface area is 131 Å². The van der Waals surface area contributed by atoms with Crippen molar-refractivity contribution in [2.24, 2.45) is 0 Å². The molecule has 3 aromatic heterocycles. The second-order valence-corrected chi connectivity index (χ2v) is 6.60. The summed E-state index contributed by atoms with van der Waals surface area (Å²) in [6.07, 6.45) is 4.43. The third-order valence-corrected chi connectivity index (χ3v) is 5.09. The molecule has 0 aromatic carbocycles. The fourth-order valence-corrected chi connectivity index (χ4v) is 3.84. The Bertz CT molecular complexity index is 757. The van der Waals surface area contributed by atoms with Gasteiger partial charge in [-0.15, -0.1) is 5.10 Å². The highest BCUT2D eigenvalue weighted by Crippen LogP contribution is 2.37. The minimum absolute atomic E-state index is 0.435. The van der Waals surface area contributed by atoms with E-state index in [0.29, 0.717) is 31.6 Å². The monoisotopic (exact) mass is 317 g/mol. The number of hydrogen-bond acceptors (Lipinski definition) is 5. The van der Waals surface area contributed by atoms with E-state index in [1.165, 1.54) is 0 Å². The first kappa shape index (κ1) is 13.6. The summed E-state index contributed by atoms with van der Waals surface area (Å²) < 4.78 is 16.9. The van der Waals surface area contributed by atoms with Crippen LogP contribution in [0.15, 0.2) is 30.6 Å². The van der Waals surface area contributed by atoms with E-state index in [-0.39, 0.29) is 0 Å². The Morgan fingerprint density at radius 1 is 1.27 bits per heavy atom. The number of piperidine rings is 1. The van der Waals surface area contributed by atoms with Crippen LogP contribution in [0.2, 0.25) is 0 Å². The minimum Gasteiger partial charge on any atom is -0.346 e. The van der Waals surface area contributed by atoms with Gasteiger partial charge in [-0.25, -0.2) is 13.9 Å². The molecule has 0 aliphatic carbocycles. The largest absolute Gasteiger partial charge is 0.346 e. The van der Waals surface area contributed by atoms with Gasteiger partial charge in [0.1, 0.15) is 0 Å². The van der Waals surface area contributed by atoms with E-state index in [1.807, 2.05) is 25.3 Å².